The van der Waals surface area contributed by atoms with Gasteiger partial charge in [0.15, 0.2) is 5.76 Å². The average molecular weight is 406 g/mol. The number of carbonyl (C=O) groups is 1. The summed E-state index contributed by atoms with van der Waals surface area (Å²) in [4.78, 5) is 21.4. The molecule has 1 aliphatic rings. The number of anilines is 1. The third-order valence-electron chi connectivity index (χ3n) is 5.46. The second-order valence-corrected chi connectivity index (χ2v) is 7.21. The van der Waals surface area contributed by atoms with Crippen LogP contribution in [-0.4, -0.2) is 55.6 Å². The van der Waals surface area contributed by atoms with Crippen LogP contribution in [0.2, 0.25) is 0 Å². The third kappa shape index (κ3) is 4.63. The van der Waals surface area contributed by atoms with Crippen LogP contribution < -0.4 is 15.0 Å². The Morgan fingerprint density at radius 1 is 1.13 bits per heavy atom. The van der Waals surface area contributed by atoms with E-state index in [0.717, 1.165) is 37.5 Å². The van der Waals surface area contributed by atoms with E-state index in [4.69, 9.17) is 9.15 Å². The van der Waals surface area contributed by atoms with Gasteiger partial charge in [0.25, 0.3) is 5.91 Å². The molecule has 30 heavy (non-hydrogen) atoms. The molecular formula is C23H26N4O3. The van der Waals surface area contributed by atoms with Crippen LogP contribution in [-0.2, 0) is 0 Å². The van der Waals surface area contributed by atoms with Gasteiger partial charge in [-0.3, -0.25) is 14.7 Å². The lowest BCUT2D eigenvalue weighted by Crippen LogP contribution is -2.50. The SMILES string of the molecule is COc1ccc(N2CCN([C@H](CNC(=O)c3ccco3)c3cccnc3)CC2)cc1. The van der Waals surface area contributed by atoms with Crippen LogP contribution in [0.25, 0.3) is 0 Å². The number of methoxy groups -OCH3 is 1. The number of hydrogen-bond acceptors (Lipinski definition) is 6. The molecule has 1 N–H and O–H groups in total. The van der Waals surface area contributed by atoms with E-state index in [1.54, 1.807) is 25.4 Å². The molecule has 0 radical (unpaired) electrons. The van der Waals surface area contributed by atoms with Crippen molar-refractivity contribution in [2.24, 2.45) is 0 Å². The molecule has 0 spiro atoms. The number of ether oxygens (including phenoxy) is 1. The number of amides is 1. The van der Waals surface area contributed by atoms with Crippen LogP contribution in [0, 0.1) is 0 Å². The molecule has 1 saturated heterocycles. The van der Waals surface area contributed by atoms with Crippen molar-refractivity contribution in [3.63, 3.8) is 0 Å². The van der Waals surface area contributed by atoms with Gasteiger partial charge in [0.1, 0.15) is 5.75 Å². The zero-order valence-corrected chi connectivity index (χ0v) is 17.0. The Bertz CT molecular complexity index is 921. The summed E-state index contributed by atoms with van der Waals surface area (Å²) in [6.45, 7) is 4.10. The Balaban J connectivity index is 1.41. The van der Waals surface area contributed by atoms with Gasteiger partial charge in [0.05, 0.1) is 19.4 Å². The van der Waals surface area contributed by atoms with Crippen molar-refractivity contribution in [2.75, 3.05) is 44.7 Å². The second kappa shape index (κ2) is 9.45. The topological polar surface area (TPSA) is 70.8 Å². The molecule has 2 aromatic heterocycles. The highest BCUT2D eigenvalue weighted by atomic mass is 16.5. The maximum absolute atomic E-state index is 12.4. The lowest BCUT2D eigenvalue weighted by atomic mass is 10.1. The fourth-order valence-corrected chi connectivity index (χ4v) is 3.80. The van der Waals surface area contributed by atoms with Crippen LogP contribution >= 0.6 is 0 Å². The summed E-state index contributed by atoms with van der Waals surface area (Å²) in [5, 5.41) is 3.01. The van der Waals surface area contributed by atoms with Crippen LogP contribution in [0.15, 0.2) is 71.6 Å². The first kappa shape index (κ1) is 20.0. The molecule has 156 valence electrons. The fraction of sp³-hybridized carbons (Fsp3) is 0.304. The van der Waals surface area contributed by atoms with Gasteiger partial charge >= 0.3 is 0 Å². The number of nitrogens with one attached hydrogen (secondary N) is 1. The number of hydrogen-bond donors (Lipinski definition) is 1. The molecule has 0 saturated carbocycles. The summed E-state index contributed by atoms with van der Waals surface area (Å²) < 4.78 is 10.5. The number of nitrogens with zero attached hydrogens (tertiary/aromatic N) is 3. The molecule has 0 bridgehead atoms. The number of aromatic nitrogens is 1. The fourth-order valence-electron chi connectivity index (χ4n) is 3.80. The van der Waals surface area contributed by atoms with Crippen molar-refractivity contribution in [2.45, 2.75) is 6.04 Å². The number of pyridine rings is 1. The van der Waals surface area contributed by atoms with E-state index in [-0.39, 0.29) is 11.9 Å². The van der Waals surface area contributed by atoms with Crippen LogP contribution in [0.5, 0.6) is 5.75 Å². The van der Waals surface area contributed by atoms with E-state index in [0.29, 0.717) is 12.3 Å². The number of piperazine rings is 1. The molecular weight excluding hydrogens is 380 g/mol. The maximum Gasteiger partial charge on any atom is 0.287 e. The van der Waals surface area contributed by atoms with Gasteiger partial charge in [-0.25, -0.2) is 0 Å². The van der Waals surface area contributed by atoms with Crippen molar-refractivity contribution in [3.8, 4) is 5.75 Å². The highest BCUT2D eigenvalue weighted by molar-refractivity contribution is 5.91. The van der Waals surface area contributed by atoms with E-state index >= 15 is 0 Å². The molecule has 1 aromatic carbocycles. The Hall–Kier alpha value is -3.32. The van der Waals surface area contributed by atoms with Gasteiger partial charge < -0.3 is 19.4 Å². The van der Waals surface area contributed by atoms with Gasteiger partial charge in [-0.2, -0.15) is 0 Å². The third-order valence-corrected chi connectivity index (χ3v) is 5.46. The normalized spacial score (nSPS) is 15.6. The van der Waals surface area contributed by atoms with E-state index in [1.807, 2.05) is 24.4 Å². The quantitative estimate of drug-likeness (QED) is 0.651. The lowest BCUT2D eigenvalue weighted by molar-refractivity contribution is 0.0902. The predicted octanol–water partition coefficient (Wildman–Crippen LogP) is 2.98. The lowest BCUT2D eigenvalue weighted by Gasteiger charge is -2.40. The number of furan rings is 1. The molecule has 1 fully saturated rings. The molecule has 3 heterocycles. The molecule has 4 rings (SSSR count). The van der Waals surface area contributed by atoms with Gasteiger partial charge in [0.2, 0.25) is 0 Å². The Kier molecular flexibility index (Phi) is 6.29. The van der Waals surface area contributed by atoms with Gasteiger partial charge in [-0.15, -0.1) is 0 Å². The Morgan fingerprint density at radius 2 is 1.93 bits per heavy atom. The van der Waals surface area contributed by atoms with E-state index in [2.05, 4.69) is 38.3 Å². The number of benzene rings is 1. The molecule has 1 aliphatic heterocycles. The van der Waals surface area contributed by atoms with Crippen molar-refractivity contribution >= 4 is 11.6 Å². The van der Waals surface area contributed by atoms with Gasteiger partial charge in [-0.1, -0.05) is 6.07 Å². The molecule has 7 heteroatoms. The van der Waals surface area contributed by atoms with Gasteiger partial charge in [0, 0.05) is 50.8 Å². The minimum Gasteiger partial charge on any atom is -0.497 e. The van der Waals surface area contributed by atoms with Crippen molar-refractivity contribution in [1.82, 2.24) is 15.2 Å². The van der Waals surface area contributed by atoms with Crippen molar-refractivity contribution < 1.29 is 13.9 Å². The summed E-state index contributed by atoms with van der Waals surface area (Å²) >= 11 is 0. The first-order valence-electron chi connectivity index (χ1n) is 10.1. The van der Waals surface area contributed by atoms with Crippen LogP contribution in [0.1, 0.15) is 22.2 Å². The molecule has 1 atom stereocenters. The highest BCUT2D eigenvalue weighted by Crippen LogP contribution is 2.25. The number of carbonyl (C=O) groups excluding carboxylic acids is 1. The van der Waals surface area contributed by atoms with E-state index < -0.39 is 0 Å². The predicted molar refractivity (Wildman–Crippen MR) is 115 cm³/mol. The summed E-state index contributed by atoms with van der Waals surface area (Å²) in [6, 6.07) is 15.6. The summed E-state index contributed by atoms with van der Waals surface area (Å²) in [5.74, 6) is 0.983. The molecule has 7 nitrogen and oxygen atoms in total. The molecule has 0 aliphatic carbocycles. The first-order chi connectivity index (χ1) is 14.7. The zero-order chi connectivity index (χ0) is 20.8. The van der Waals surface area contributed by atoms with Crippen molar-refractivity contribution in [3.05, 3.63) is 78.5 Å². The molecule has 3 aromatic rings. The van der Waals surface area contributed by atoms with E-state index in [1.165, 1.54) is 12.0 Å². The Labute approximate surface area is 176 Å². The maximum atomic E-state index is 12.4. The standard InChI is InChI=1S/C23H26N4O3/c1-29-20-8-6-19(7-9-20)26-11-13-27(14-12-26)21(18-4-2-10-24-16-18)17-25-23(28)22-5-3-15-30-22/h2-10,15-16,21H,11-14,17H2,1H3,(H,25,28)/t21-/m1/s1. The first-order valence-corrected chi connectivity index (χ1v) is 10.1. The zero-order valence-electron chi connectivity index (χ0n) is 17.0. The molecule has 1 amide bonds. The molecule has 0 unspecified atom stereocenters. The summed E-state index contributed by atoms with van der Waals surface area (Å²) in [5.41, 5.74) is 2.29. The second-order valence-electron chi connectivity index (χ2n) is 7.21. The average Bonchev–Trinajstić information content (AvgIpc) is 3.36. The monoisotopic (exact) mass is 406 g/mol. The van der Waals surface area contributed by atoms with Crippen LogP contribution in [0.3, 0.4) is 0 Å². The largest absolute Gasteiger partial charge is 0.497 e. The smallest absolute Gasteiger partial charge is 0.287 e. The summed E-state index contributed by atoms with van der Waals surface area (Å²) in [7, 11) is 1.68. The van der Waals surface area contributed by atoms with E-state index in [9.17, 15) is 4.79 Å². The van der Waals surface area contributed by atoms with Crippen molar-refractivity contribution in [1.29, 1.82) is 0 Å². The Morgan fingerprint density at radius 3 is 2.57 bits per heavy atom. The number of rotatable bonds is 7. The summed E-state index contributed by atoms with van der Waals surface area (Å²) in [6.07, 6.45) is 5.15. The van der Waals surface area contributed by atoms with Gasteiger partial charge in [-0.05, 0) is 48.0 Å². The minimum absolute atomic E-state index is 0.0515. The highest BCUT2D eigenvalue weighted by Gasteiger charge is 2.26. The van der Waals surface area contributed by atoms with Crippen LogP contribution in [0.4, 0.5) is 5.69 Å². The minimum atomic E-state index is -0.203.